The molecule has 0 saturated heterocycles. The SMILES string of the molecule is COc1ccc2c(c1)SC(CCO)C(=O)N2. The number of carbonyl (C=O) groups is 1. The minimum absolute atomic E-state index is 0.0182. The van der Waals surface area contributed by atoms with Crippen molar-refractivity contribution in [3.63, 3.8) is 0 Å². The Balaban J connectivity index is 2.25. The molecule has 86 valence electrons. The number of anilines is 1. The number of nitrogens with one attached hydrogen (secondary N) is 1. The van der Waals surface area contributed by atoms with Crippen molar-refractivity contribution in [2.75, 3.05) is 19.0 Å². The molecule has 2 N–H and O–H groups in total. The van der Waals surface area contributed by atoms with Gasteiger partial charge in [-0.25, -0.2) is 0 Å². The normalized spacial score (nSPS) is 18.9. The standard InChI is InChI=1S/C11H13NO3S/c1-15-7-2-3-8-10(6-7)16-9(4-5-13)11(14)12-8/h2-3,6,9,13H,4-5H2,1H3,(H,12,14). The van der Waals surface area contributed by atoms with Gasteiger partial charge in [0.2, 0.25) is 5.91 Å². The van der Waals surface area contributed by atoms with Gasteiger partial charge in [-0.15, -0.1) is 11.8 Å². The van der Waals surface area contributed by atoms with Gasteiger partial charge in [0.1, 0.15) is 5.75 Å². The quantitative estimate of drug-likeness (QED) is 0.839. The average Bonchev–Trinajstić information content (AvgIpc) is 2.30. The number of aliphatic hydroxyl groups excluding tert-OH is 1. The summed E-state index contributed by atoms with van der Waals surface area (Å²) in [7, 11) is 1.61. The van der Waals surface area contributed by atoms with E-state index < -0.39 is 0 Å². The number of thioether (sulfide) groups is 1. The van der Waals surface area contributed by atoms with Gasteiger partial charge in [0.15, 0.2) is 0 Å². The van der Waals surface area contributed by atoms with E-state index in [9.17, 15) is 4.79 Å². The first-order valence-electron chi connectivity index (χ1n) is 5.01. The molecule has 4 nitrogen and oxygen atoms in total. The van der Waals surface area contributed by atoms with E-state index in [0.717, 1.165) is 16.3 Å². The molecule has 1 aromatic carbocycles. The molecule has 1 amide bonds. The van der Waals surface area contributed by atoms with Gasteiger partial charge in [0.05, 0.1) is 18.0 Å². The van der Waals surface area contributed by atoms with Crippen molar-refractivity contribution in [2.24, 2.45) is 0 Å². The van der Waals surface area contributed by atoms with Gasteiger partial charge in [0, 0.05) is 11.5 Å². The molecular weight excluding hydrogens is 226 g/mol. The van der Waals surface area contributed by atoms with Crippen molar-refractivity contribution in [2.45, 2.75) is 16.6 Å². The first kappa shape index (κ1) is 11.3. The highest BCUT2D eigenvalue weighted by Crippen LogP contribution is 2.38. The number of rotatable bonds is 3. The summed E-state index contributed by atoms with van der Waals surface area (Å²) in [5.74, 6) is 0.724. The van der Waals surface area contributed by atoms with Crippen LogP contribution in [-0.4, -0.2) is 30.0 Å². The summed E-state index contributed by atoms with van der Waals surface area (Å²) in [6.07, 6.45) is 0.465. The second kappa shape index (κ2) is 4.76. The molecule has 16 heavy (non-hydrogen) atoms. The van der Waals surface area contributed by atoms with Crippen molar-refractivity contribution in [3.8, 4) is 5.75 Å². The monoisotopic (exact) mass is 239 g/mol. The van der Waals surface area contributed by atoms with Gasteiger partial charge >= 0.3 is 0 Å². The van der Waals surface area contributed by atoms with Gasteiger partial charge in [-0.1, -0.05) is 0 Å². The fraction of sp³-hybridized carbons (Fsp3) is 0.364. The van der Waals surface area contributed by atoms with E-state index >= 15 is 0 Å². The molecule has 1 aliphatic heterocycles. The Kier molecular flexibility index (Phi) is 3.36. The van der Waals surface area contributed by atoms with Crippen LogP contribution in [0.4, 0.5) is 5.69 Å². The number of amides is 1. The molecule has 1 atom stereocenters. The number of methoxy groups -OCH3 is 1. The Morgan fingerprint density at radius 3 is 3.06 bits per heavy atom. The van der Waals surface area contributed by atoms with Crippen LogP contribution in [0.25, 0.3) is 0 Å². The van der Waals surface area contributed by atoms with Crippen molar-refractivity contribution in [1.82, 2.24) is 0 Å². The van der Waals surface area contributed by atoms with Gasteiger partial charge in [-0.05, 0) is 24.6 Å². The summed E-state index contributed by atoms with van der Waals surface area (Å²) < 4.78 is 5.13. The number of hydrogen-bond donors (Lipinski definition) is 2. The third-order valence-corrected chi connectivity index (χ3v) is 3.73. The zero-order chi connectivity index (χ0) is 11.5. The molecule has 0 saturated carbocycles. The average molecular weight is 239 g/mol. The highest BCUT2D eigenvalue weighted by Gasteiger charge is 2.26. The van der Waals surface area contributed by atoms with Crippen LogP contribution >= 0.6 is 11.8 Å². The lowest BCUT2D eigenvalue weighted by molar-refractivity contribution is -0.116. The minimum Gasteiger partial charge on any atom is -0.497 e. The Morgan fingerprint density at radius 1 is 1.56 bits per heavy atom. The van der Waals surface area contributed by atoms with Crippen molar-refractivity contribution in [3.05, 3.63) is 18.2 Å². The molecule has 0 aliphatic carbocycles. The number of benzene rings is 1. The number of aliphatic hydroxyl groups is 1. The van der Waals surface area contributed by atoms with Gasteiger partial charge in [-0.3, -0.25) is 4.79 Å². The van der Waals surface area contributed by atoms with Gasteiger partial charge in [0.25, 0.3) is 0 Å². The minimum atomic E-state index is -0.218. The van der Waals surface area contributed by atoms with Gasteiger partial charge < -0.3 is 15.2 Å². The molecule has 1 unspecified atom stereocenters. The van der Waals surface area contributed by atoms with Gasteiger partial charge in [-0.2, -0.15) is 0 Å². The van der Waals surface area contributed by atoms with E-state index in [2.05, 4.69) is 5.32 Å². The maximum atomic E-state index is 11.6. The third kappa shape index (κ3) is 2.15. The van der Waals surface area contributed by atoms with E-state index in [4.69, 9.17) is 9.84 Å². The maximum absolute atomic E-state index is 11.6. The summed E-state index contributed by atoms with van der Waals surface area (Å²) >= 11 is 1.47. The summed E-state index contributed by atoms with van der Waals surface area (Å²) in [6.45, 7) is 0.0182. The molecule has 0 fully saturated rings. The zero-order valence-electron chi connectivity index (χ0n) is 8.90. The lowest BCUT2D eigenvalue weighted by Crippen LogP contribution is -2.29. The molecule has 1 heterocycles. The van der Waals surface area contributed by atoms with Crippen molar-refractivity contribution < 1.29 is 14.6 Å². The van der Waals surface area contributed by atoms with Crippen LogP contribution in [0.5, 0.6) is 5.75 Å². The third-order valence-electron chi connectivity index (χ3n) is 2.40. The maximum Gasteiger partial charge on any atom is 0.237 e. The van der Waals surface area contributed by atoms with E-state index in [1.165, 1.54) is 11.8 Å². The smallest absolute Gasteiger partial charge is 0.237 e. The molecule has 0 spiro atoms. The predicted molar refractivity (Wildman–Crippen MR) is 63.0 cm³/mol. The second-order valence-electron chi connectivity index (χ2n) is 3.47. The summed E-state index contributed by atoms with van der Waals surface area (Å²) in [6, 6.07) is 5.53. The van der Waals surface area contributed by atoms with Crippen LogP contribution in [0, 0.1) is 0 Å². The van der Waals surface area contributed by atoms with E-state index in [0.29, 0.717) is 6.42 Å². The molecule has 1 aliphatic rings. The second-order valence-corrected chi connectivity index (χ2v) is 4.71. The Hall–Kier alpha value is -1.20. The number of hydrogen-bond acceptors (Lipinski definition) is 4. The van der Waals surface area contributed by atoms with Crippen LogP contribution in [-0.2, 0) is 4.79 Å². The van der Waals surface area contributed by atoms with Crippen LogP contribution in [0.2, 0.25) is 0 Å². The summed E-state index contributed by atoms with van der Waals surface area (Å²) in [4.78, 5) is 12.6. The van der Waals surface area contributed by atoms with Crippen LogP contribution in [0.1, 0.15) is 6.42 Å². The van der Waals surface area contributed by atoms with E-state index in [-0.39, 0.29) is 17.8 Å². The molecule has 1 aromatic rings. The number of ether oxygens (including phenoxy) is 1. The number of fused-ring (bicyclic) bond motifs is 1. The molecule has 0 aromatic heterocycles. The van der Waals surface area contributed by atoms with Crippen LogP contribution in [0.15, 0.2) is 23.1 Å². The van der Waals surface area contributed by atoms with Crippen LogP contribution in [0.3, 0.4) is 0 Å². The fourth-order valence-corrected chi connectivity index (χ4v) is 2.68. The highest BCUT2D eigenvalue weighted by molar-refractivity contribution is 8.01. The van der Waals surface area contributed by atoms with E-state index in [1.54, 1.807) is 7.11 Å². The fourth-order valence-electron chi connectivity index (χ4n) is 1.56. The lowest BCUT2D eigenvalue weighted by atomic mass is 10.2. The molecule has 5 heteroatoms. The van der Waals surface area contributed by atoms with Crippen LogP contribution < -0.4 is 10.1 Å². The van der Waals surface area contributed by atoms with E-state index in [1.807, 2.05) is 18.2 Å². The summed E-state index contributed by atoms with van der Waals surface area (Å²) in [5.41, 5.74) is 0.810. The predicted octanol–water partition coefficient (Wildman–Crippen LogP) is 1.49. The molecule has 0 bridgehead atoms. The lowest BCUT2D eigenvalue weighted by Gasteiger charge is -2.23. The molecular formula is C11H13NO3S. The summed E-state index contributed by atoms with van der Waals surface area (Å²) in [5, 5.41) is 11.5. The highest BCUT2D eigenvalue weighted by atomic mass is 32.2. The molecule has 0 radical (unpaired) electrons. The first-order valence-corrected chi connectivity index (χ1v) is 5.89. The van der Waals surface area contributed by atoms with Crippen molar-refractivity contribution in [1.29, 1.82) is 0 Å². The molecule has 2 rings (SSSR count). The largest absolute Gasteiger partial charge is 0.497 e. The Morgan fingerprint density at radius 2 is 2.38 bits per heavy atom. The zero-order valence-corrected chi connectivity index (χ0v) is 9.71. The topological polar surface area (TPSA) is 58.6 Å². The Bertz CT molecular complexity index is 408. The number of carbonyl (C=O) groups excluding carboxylic acids is 1. The first-order chi connectivity index (χ1) is 7.74. The Labute approximate surface area is 98.0 Å². The van der Waals surface area contributed by atoms with Crippen molar-refractivity contribution >= 4 is 23.4 Å².